The van der Waals surface area contributed by atoms with Gasteiger partial charge in [0, 0.05) is 0 Å². The normalized spacial score (nSPS) is 18.0. The van der Waals surface area contributed by atoms with E-state index >= 15 is 0 Å². The molecule has 1 aromatic carbocycles. The lowest BCUT2D eigenvalue weighted by molar-refractivity contribution is -0.0303. The van der Waals surface area contributed by atoms with Crippen LogP contribution in [0.4, 0.5) is 0 Å². The van der Waals surface area contributed by atoms with Gasteiger partial charge in [-0.05, 0) is 37.5 Å². The summed E-state index contributed by atoms with van der Waals surface area (Å²) < 4.78 is 5.20. The van der Waals surface area contributed by atoms with E-state index < -0.39 is 0 Å². The largest absolute Gasteiger partial charge is 0.377 e. The number of benzene rings is 1. The van der Waals surface area contributed by atoms with E-state index in [9.17, 15) is 5.26 Å². The molecule has 0 radical (unpaired) electrons. The van der Waals surface area contributed by atoms with Gasteiger partial charge in [0.25, 0.3) is 0 Å². The molecule has 2 nitrogen and oxygen atoms in total. The predicted octanol–water partition coefficient (Wildman–Crippen LogP) is 2.40. The number of aryl methyl sites for hydroxylation is 3. The van der Waals surface area contributed by atoms with Crippen LogP contribution in [0.1, 0.15) is 22.3 Å². The van der Waals surface area contributed by atoms with E-state index in [1.165, 1.54) is 22.3 Å². The first-order chi connectivity index (χ1) is 7.09. The summed E-state index contributed by atoms with van der Waals surface area (Å²) in [7, 11) is 0. The van der Waals surface area contributed by atoms with Crippen LogP contribution in [0, 0.1) is 32.1 Å². The maximum absolute atomic E-state index is 9.28. The first kappa shape index (κ1) is 10.2. The summed E-state index contributed by atoms with van der Waals surface area (Å²) in [4.78, 5) is 0. The Labute approximate surface area is 90.5 Å². The van der Waals surface area contributed by atoms with E-state index in [1.807, 2.05) is 0 Å². The number of ether oxygens (including phenoxy) is 1. The monoisotopic (exact) mass is 201 g/mol. The molecule has 1 saturated heterocycles. The van der Waals surface area contributed by atoms with Crippen LogP contribution in [0.3, 0.4) is 0 Å². The first-order valence-electron chi connectivity index (χ1n) is 5.16. The maximum Gasteiger partial charge on any atom is 0.129 e. The van der Waals surface area contributed by atoms with Crippen molar-refractivity contribution < 1.29 is 4.74 Å². The van der Waals surface area contributed by atoms with Gasteiger partial charge < -0.3 is 4.74 Å². The highest BCUT2D eigenvalue weighted by atomic mass is 16.5. The topological polar surface area (TPSA) is 33.0 Å². The molecule has 15 heavy (non-hydrogen) atoms. The standard InChI is InChI=1S/C13H15NO/c1-9-4-10(2)12(11(3)5-9)13(6-14)7-15-8-13/h4-5H,7-8H2,1-3H3. The summed E-state index contributed by atoms with van der Waals surface area (Å²) in [6.45, 7) is 7.31. The fraction of sp³-hybridized carbons (Fsp3) is 0.462. The lowest BCUT2D eigenvalue weighted by atomic mass is 9.75. The number of nitriles is 1. The zero-order chi connectivity index (χ0) is 11.1. The van der Waals surface area contributed by atoms with E-state index in [1.54, 1.807) is 0 Å². The molecule has 78 valence electrons. The van der Waals surface area contributed by atoms with E-state index in [0.29, 0.717) is 13.2 Å². The quantitative estimate of drug-likeness (QED) is 0.699. The summed E-state index contributed by atoms with van der Waals surface area (Å²) in [6, 6.07) is 6.68. The van der Waals surface area contributed by atoms with Gasteiger partial charge in [0.05, 0.1) is 19.3 Å². The van der Waals surface area contributed by atoms with Crippen LogP contribution < -0.4 is 0 Å². The second kappa shape index (κ2) is 3.36. The van der Waals surface area contributed by atoms with Gasteiger partial charge in [-0.1, -0.05) is 17.7 Å². The van der Waals surface area contributed by atoms with Gasteiger partial charge in [-0.3, -0.25) is 0 Å². The molecule has 1 aliphatic rings. The minimum absolute atomic E-state index is 0.387. The summed E-state index contributed by atoms with van der Waals surface area (Å²) in [5.74, 6) is 0. The number of rotatable bonds is 1. The molecule has 1 aliphatic heterocycles. The third-order valence-corrected chi connectivity index (χ3v) is 3.07. The predicted molar refractivity (Wildman–Crippen MR) is 58.8 cm³/mol. The smallest absolute Gasteiger partial charge is 0.129 e. The van der Waals surface area contributed by atoms with Gasteiger partial charge in [0.1, 0.15) is 5.41 Å². The van der Waals surface area contributed by atoms with Gasteiger partial charge in [-0.15, -0.1) is 0 Å². The number of hydrogen-bond acceptors (Lipinski definition) is 2. The highest BCUT2D eigenvalue weighted by molar-refractivity contribution is 5.47. The molecule has 0 spiro atoms. The van der Waals surface area contributed by atoms with Crippen LogP contribution in [-0.2, 0) is 10.2 Å². The maximum atomic E-state index is 9.28. The van der Waals surface area contributed by atoms with Crippen LogP contribution in [0.25, 0.3) is 0 Å². The SMILES string of the molecule is Cc1cc(C)c(C2(C#N)COC2)c(C)c1. The van der Waals surface area contributed by atoms with Crippen molar-refractivity contribution in [3.63, 3.8) is 0 Å². The van der Waals surface area contributed by atoms with Crippen LogP contribution in [0.2, 0.25) is 0 Å². The Balaban J connectivity index is 2.58. The van der Waals surface area contributed by atoms with Crippen molar-refractivity contribution in [1.82, 2.24) is 0 Å². The third kappa shape index (κ3) is 1.44. The van der Waals surface area contributed by atoms with E-state index in [4.69, 9.17) is 4.74 Å². The zero-order valence-electron chi connectivity index (χ0n) is 9.42. The second-order valence-corrected chi connectivity index (χ2v) is 4.46. The van der Waals surface area contributed by atoms with Crippen molar-refractivity contribution in [3.05, 3.63) is 34.4 Å². The molecule has 1 fully saturated rings. The molecule has 1 aromatic rings. The molecule has 0 aliphatic carbocycles. The Bertz CT molecular complexity index is 415. The molecular weight excluding hydrogens is 186 g/mol. The minimum atomic E-state index is -0.387. The Kier molecular flexibility index (Phi) is 2.28. The highest BCUT2D eigenvalue weighted by Gasteiger charge is 2.42. The van der Waals surface area contributed by atoms with Crippen molar-refractivity contribution in [1.29, 1.82) is 5.26 Å². The molecule has 0 amide bonds. The Morgan fingerprint density at radius 3 is 2.07 bits per heavy atom. The number of nitrogens with zero attached hydrogens (tertiary/aromatic N) is 1. The van der Waals surface area contributed by atoms with Crippen molar-refractivity contribution in [2.45, 2.75) is 26.2 Å². The van der Waals surface area contributed by atoms with Crippen LogP contribution in [0.5, 0.6) is 0 Å². The fourth-order valence-corrected chi connectivity index (χ4v) is 2.51. The molecule has 0 saturated carbocycles. The summed E-state index contributed by atoms with van der Waals surface area (Å²) in [5.41, 5.74) is 4.45. The molecular formula is C13H15NO. The van der Waals surface area contributed by atoms with Crippen molar-refractivity contribution >= 4 is 0 Å². The second-order valence-electron chi connectivity index (χ2n) is 4.46. The van der Waals surface area contributed by atoms with Crippen LogP contribution in [0.15, 0.2) is 12.1 Å². The van der Waals surface area contributed by atoms with E-state index in [0.717, 1.165) is 0 Å². The Morgan fingerprint density at radius 2 is 1.73 bits per heavy atom. The van der Waals surface area contributed by atoms with E-state index in [2.05, 4.69) is 39.0 Å². The molecule has 0 unspecified atom stereocenters. The molecule has 0 aromatic heterocycles. The highest BCUT2D eigenvalue weighted by Crippen LogP contribution is 2.36. The van der Waals surface area contributed by atoms with Crippen molar-refractivity contribution in [3.8, 4) is 6.07 Å². The average Bonchev–Trinajstić information content (AvgIpc) is 2.07. The Morgan fingerprint density at radius 1 is 1.20 bits per heavy atom. The lowest BCUT2D eigenvalue weighted by Gasteiger charge is -2.37. The van der Waals surface area contributed by atoms with Gasteiger partial charge in [-0.2, -0.15) is 5.26 Å². The van der Waals surface area contributed by atoms with E-state index in [-0.39, 0.29) is 5.41 Å². The minimum Gasteiger partial charge on any atom is -0.377 e. The summed E-state index contributed by atoms with van der Waals surface area (Å²) in [5, 5.41) is 9.28. The lowest BCUT2D eigenvalue weighted by Crippen LogP contribution is -2.46. The van der Waals surface area contributed by atoms with Gasteiger partial charge in [0.2, 0.25) is 0 Å². The van der Waals surface area contributed by atoms with Crippen LogP contribution >= 0.6 is 0 Å². The van der Waals surface area contributed by atoms with Crippen molar-refractivity contribution in [2.75, 3.05) is 13.2 Å². The zero-order valence-corrected chi connectivity index (χ0v) is 9.42. The third-order valence-electron chi connectivity index (χ3n) is 3.07. The van der Waals surface area contributed by atoms with Gasteiger partial charge in [0.15, 0.2) is 0 Å². The molecule has 0 atom stereocenters. The van der Waals surface area contributed by atoms with Gasteiger partial charge in [-0.25, -0.2) is 0 Å². The molecule has 1 heterocycles. The first-order valence-corrected chi connectivity index (χ1v) is 5.16. The van der Waals surface area contributed by atoms with Crippen molar-refractivity contribution in [2.24, 2.45) is 0 Å². The van der Waals surface area contributed by atoms with Gasteiger partial charge >= 0.3 is 0 Å². The fourth-order valence-electron chi connectivity index (χ4n) is 2.51. The molecule has 2 heteroatoms. The molecule has 2 rings (SSSR count). The Hall–Kier alpha value is -1.33. The van der Waals surface area contributed by atoms with Crippen LogP contribution in [-0.4, -0.2) is 13.2 Å². The number of hydrogen-bond donors (Lipinski definition) is 0. The molecule has 0 bridgehead atoms. The summed E-state index contributed by atoms with van der Waals surface area (Å²) in [6.07, 6.45) is 0. The summed E-state index contributed by atoms with van der Waals surface area (Å²) >= 11 is 0. The molecule has 0 N–H and O–H groups in total. The average molecular weight is 201 g/mol.